The Morgan fingerprint density at radius 3 is 2.47 bits per heavy atom. The van der Waals surface area contributed by atoms with Crippen LogP contribution in [0, 0.1) is 11.8 Å². The van der Waals surface area contributed by atoms with Crippen LogP contribution in [-0.4, -0.2) is 31.8 Å². The van der Waals surface area contributed by atoms with Crippen LogP contribution in [0.25, 0.3) is 21.9 Å². The number of carboxylic acids is 1. The molecule has 0 spiro atoms. The zero-order valence-electron chi connectivity index (χ0n) is 19.3. The van der Waals surface area contributed by atoms with Crippen LogP contribution in [0.5, 0.6) is 5.75 Å². The van der Waals surface area contributed by atoms with Gasteiger partial charge in [-0.1, -0.05) is 44.0 Å². The van der Waals surface area contributed by atoms with Gasteiger partial charge >= 0.3 is 5.97 Å². The van der Waals surface area contributed by atoms with Gasteiger partial charge < -0.3 is 14.7 Å². The van der Waals surface area contributed by atoms with Crippen LogP contribution < -0.4 is 9.64 Å². The van der Waals surface area contributed by atoms with Crippen LogP contribution >= 0.6 is 0 Å². The number of nitrogens with zero attached hydrogens (tertiary/aromatic N) is 1. The molecule has 1 aliphatic carbocycles. The SMILES string of the molecule is CC(Cc1ccc(OCC2CCCC2)c(-c2ccc3cc(N(C)C)ccc3c2)c1)C(=O)O. The first-order chi connectivity index (χ1) is 15.4. The van der Waals surface area contributed by atoms with Crippen LogP contribution in [0.1, 0.15) is 38.2 Å². The standard InChI is InChI=1S/C28H33NO3/c1-19(28(30)31)14-21-8-13-27(32-18-20-6-4-5-7-20)26(15-21)24-10-9-23-17-25(29(2)3)12-11-22(23)16-24/h8-13,15-17,19-20H,4-7,14,18H2,1-3H3,(H,30,31). The van der Waals surface area contributed by atoms with Crippen LogP contribution in [0.2, 0.25) is 0 Å². The molecule has 1 unspecified atom stereocenters. The van der Waals surface area contributed by atoms with E-state index in [0.29, 0.717) is 12.3 Å². The molecule has 0 aromatic heterocycles. The van der Waals surface area contributed by atoms with Crippen LogP contribution in [0.15, 0.2) is 54.6 Å². The number of hydrogen-bond acceptors (Lipinski definition) is 3. The molecule has 0 saturated heterocycles. The lowest BCUT2D eigenvalue weighted by atomic mass is 9.95. The second-order valence-corrected chi connectivity index (χ2v) is 9.38. The number of anilines is 1. The van der Waals surface area contributed by atoms with Crippen LogP contribution in [0.4, 0.5) is 5.69 Å². The van der Waals surface area contributed by atoms with E-state index in [1.165, 1.54) is 42.1 Å². The Morgan fingerprint density at radius 1 is 1.03 bits per heavy atom. The summed E-state index contributed by atoms with van der Waals surface area (Å²) in [6.07, 6.45) is 5.59. The fourth-order valence-electron chi connectivity index (χ4n) is 4.56. The van der Waals surface area contributed by atoms with Gasteiger partial charge in [0.15, 0.2) is 0 Å². The first-order valence-electron chi connectivity index (χ1n) is 11.6. The highest BCUT2D eigenvalue weighted by atomic mass is 16.5. The minimum absolute atomic E-state index is 0.422. The van der Waals surface area contributed by atoms with Gasteiger partial charge in [0.25, 0.3) is 0 Å². The van der Waals surface area contributed by atoms with Gasteiger partial charge in [-0.05, 0) is 77.4 Å². The second-order valence-electron chi connectivity index (χ2n) is 9.38. The zero-order chi connectivity index (χ0) is 22.7. The molecule has 4 rings (SSSR count). The van der Waals surface area contributed by atoms with Crippen molar-refractivity contribution in [3.63, 3.8) is 0 Å². The van der Waals surface area contributed by atoms with Crippen molar-refractivity contribution < 1.29 is 14.6 Å². The lowest BCUT2D eigenvalue weighted by Crippen LogP contribution is -2.12. The Kier molecular flexibility index (Phi) is 6.69. The number of rotatable bonds is 8. The van der Waals surface area contributed by atoms with Gasteiger partial charge in [-0.3, -0.25) is 4.79 Å². The van der Waals surface area contributed by atoms with Crippen molar-refractivity contribution in [2.75, 3.05) is 25.6 Å². The van der Waals surface area contributed by atoms with Crippen molar-refractivity contribution in [2.45, 2.75) is 39.0 Å². The third-order valence-corrected chi connectivity index (χ3v) is 6.61. The largest absolute Gasteiger partial charge is 0.493 e. The molecular weight excluding hydrogens is 398 g/mol. The van der Waals surface area contributed by atoms with Crippen molar-refractivity contribution in [1.29, 1.82) is 0 Å². The smallest absolute Gasteiger partial charge is 0.306 e. The molecule has 0 aliphatic heterocycles. The van der Waals surface area contributed by atoms with Crippen molar-refractivity contribution in [2.24, 2.45) is 11.8 Å². The van der Waals surface area contributed by atoms with Crippen molar-refractivity contribution in [3.8, 4) is 16.9 Å². The Bertz CT molecular complexity index is 1100. The number of ether oxygens (including phenoxy) is 1. The van der Waals surface area contributed by atoms with Gasteiger partial charge in [0.2, 0.25) is 0 Å². The highest BCUT2D eigenvalue weighted by molar-refractivity contribution is 5.90. The molecule has 168 valence electrons. The second kappa shape index (κ2) is 9.64. The predicted octanol–water partition coefficient (Wildman–Crippen LogP) is 6.41. The molecule has 4 heteroatoms. The minimum Gasteiger partial charge on any atom is -0.493 e. The molecule has 0 heterocycles. The fraction of sp³-hybridized carbons (Fsp3) is 0.393. The Hall–Kier alpha value is -3.01. The fourth-order valence-corrected chi connectivity index (χ4v) is 4.56. The highest BCUT2D eigenvalue weighted by Crippen LogP contribution is 2.35. The summed E-state index contributed by atoms with van der Waals surface area (Å²) in [5.41, 5.74) is 4.33. The van der Waals surface area contributed by atoms with E-state index in [2.05, 4.69) is 47.4 Å². The molecule has 4 nitrogen and oxygen atoms in total. The number of carboxylic acid groups (broad SMARTS) is 1. The normalized spacial score (nSPS) is 15.1. The van der Waals surface area contributed by atoms with E-state index >= 15 is 0 Å². The maximum Gasteiger partial charge on any atom is 0.306 e. The van der Waals surface area contributed by atoms with Crippen molar-refractivity contribution in [1.82, 2.24) is 0 Å². The van der Waals surface area contributed by atoms with E-state index in [4.69, 9.17) is 4.74 Å². The van der Waals surface area contributed by atoms with E-state index in [1.54, 1.807) is 6.92 Å². The third-order valence-electron chi connectivity index (χ3n) is 6.61. The predicted molar refractivity (Wildman–Crippen MR) is 132 cm³/mol. The molecule has 32 heavy (non-hydrogen) atoms. The molecule has 3 aromatic carbocycles. The van der Waals surface area contributed by atoms with E-state index in [1.807, 2.05) is 26.2 Å². The van der Waals surface area contributed by atoms with Gasteiger partial charge in [-0.15, -0.1) is 0 Å². The number of fused-ring (bicyclic) bond motifs is 1. The molecule has 0 radical (unpaired) electrons. The first-order valence-corrected chi connectivity index (χ1v) is 11.6. The van der Waals surface area contributed by atoms with Crippen LogP contribution in [-0.2, 0) is 11.2 Å². The number of hydrogen-bond donors (Lipinski definition) is 1. The van der Waals surface area contributed by atoms with Gasteiger partial charge in [-0.2, -0.15) is 0 Å². The summed E-state index contributed by atoms with van der Waals surface area (Å²) in [6.45, 7) is 2.50. The zero-order valence-corrected chi connectivity index (χ0v) is 19.3. The van der Waals surface area contributed by atoms with Gasteiger partial charge in [-0.25, -0.2) is 0 Å². The molecule has 3 aromatic rings. The Balaban J connectivity index is 1.69. The summed E-state index contributed by atoms with van der Waals surface area (Å²) in [7, 11) is 4.10. The average Bonchev–Trinajstić information content (AvgIpc) is 3.31. The molecular formula is C28H33NO3. The van der Waals surface area contributed by atoms with Crippen molar-refractivity contribution >= 4 is 22.4 Å². The molecule has 1 saturated carbocycles. The number of carbonyl (C=O) groups is 1. The molecule has 1 fully saturated rings. The van der Waals surface area contributed by atoms with Crippen molar-refractivity contribution in [3.05, 3.63) is 60.2 Å². The average molecular weight is 432 g/mol. The summed E-state index contributed by atoms with van der Waals surface area (Å²) in [5.74, 6) is 0.327. The molecule has 1 atom stereocenters. The maximum absolute atomic E-state index is 11.4. The van der Waals surface area contributed by atoms with Gasteiger partial charge in [0, 0.05) is 25.3 Å². The maximum atomic E-state index is 11.4. The minimum atomic E-state index is -0.768. The van der Waals surface area contributed by atoms with Gasteiger partial charge in [0.1, 0.15) is 5.75 Å². The summed E-state index contributed by atoms with van der Waals surface area (Å²) < 4.78 is 6.32. The monoisotopic (exact) mass is 431 g/mol. The third kappa shape index (κ3) is 5.07. The number of aliphatic carboxylic acids is 1. The van der Waals surface area contributed by atoms with E-state index in [0.717, 1.165) is 29.0 Å². The lowest BCUT2D eigenvalue weighted by Gasteiger charge is -2.17. The molecule has 0 amide bonds. The van der Waals surface area contributed by atoms with E-state index in [-0.39, 0.29) is 0 Å². The highest BCUT2D eigenvalue weighted by Gasteiger charge is 2.18. The summed E-state index contributed by atoms with van der Waals surface area (Å²) in [6, 6.07) is 19.1. The van der Waals surface area contributed by atoms with E-state index in [9.17, 15) is 9.90 Å². The molecule has 0 bridgehead atoms. The molecule has 1 N–H and O–H groups in total. The Morgan fingerprint density at radius 2 is 1.75 bits per heavy atom. The summed E-state index contributed by atoms with van der Waals surface area (Å²) >= 11 is 0. The topological polar surface area (TPSA) is 49.8 Å². The summed E-state index contributed by atoms with van der Waals surface area (Å²) in [4.78, 5) is 13.5. The van der Waals surface area contributed by atoms with Crippen LogP contribution in [0.3, 0.4) is 0 Å². The molecule has 1 aliphatic rings. The lowest BCUT2D eigenvalue weighted by molar-refractivity contribution is -0.141. The first kappa shape index (κ1) is 22.2. The summed E-state index contributed by atoms with van der Waals surface area (Å²) in [5, 5.41) is 11.7. The Labute approximate surface area is 190 Å². The van der Waals surface area contributed by atoms with E-state index < -0.39 is 11.9 Å². The number of benzene rings is 3. The quantitative estimate of drug-likeness (QED) is 0.448. The van der Waals surface area contributed by atoms with Gasteiger partial charge in [0.05, 0.1) is 12.5 Å².